The van der Waals surface area contributed by atoms with E-state index in [1.165, 1.54) is 5.56 Å². The minimum atomic E-state index is 0.620. The fourth-order valence-corrected chi connectivity index (χ4v) is 7.42. The van der Waals surface area contributed by atoms with E-state index in [0.29, 0.717) is 23.3 Å². The van der Waals surface area contributed by atoms with Crippen LogP contribution in [0.4, 0.5) is 0 Å². The lowest BCUT2D eigenvalue weighted by Crippen LogP contribution is -2.01. The summed E-state index contributed by atoms with van der Waals surface area (Å²) in [4.78, 5) is 25.5. The lowest BCUT2D eigenvalue weighted by atomic mass is 9.92. The highest BCUT2D eigenvalue weighted by Gasteiger charge is 2.19. The van der Waals surface area contributed by atoms with Crippen molar-refractivity contribution in [3.8, 4) is 90.3 Å². The van der Waals surface area contributed by atoms with Gasteiger partial charge in [-0.05, 0) is 39.1 Å². The molecule has 0 spiro atoms. The van der Waals surface area contributed by atoms with E-state index in [9.17, 15) is 0 Å². The van der Waals surface area contributed by atoms with Gasteiger partial charge in [-0.1, -0.05) is 206 Å². The van der Waals surface area contributed by atoms with Crippen LogP contribution in [0.25, 0.3) is 101 Å². The molecule has 0 amide bonds. The largest absolute Gasteiger partial charge is 0.228 e. The molecule has 2 aromatic heterocycles. The van der Waals surface area contributed by atoms with E-state index < -0.39 is 0 Å². The van der Waals surface area contributed by atoms with Crippen molar-refractivity contribution in [3.63, 3.8) is 0 Å². The normalized spacial score (nSPS) is 11.1. The highest BCUT2D eigenvalue weighted by Crippen LogP contribution is 2.39. The standard InChI is InChI=1S/C53H35N5/c1-5-15-36(16-6-1)37-25-31-44(32-26-37)50-54-47(40-18-7-2-8-19-40)35-48(55-50)41-29-27-39(28-30-41)46-34-33-38-17-13-14-24-45(38)49(46)53-57-51(42-20-9-3-10-21-42)56-52(58-53)43-22-11-4-12-23-43/h1-35H. The van der Waals surface area contributed by atoms with Crippen molar-refractivity contribution in [2.75, 3.05) is 0 Å². The molecule has 272 valence electrons. The van der Waals surface area contributed by atoms with E-state index in [0.717, 1.165) is 72.2 Å². The fraction of sp³-hybridized carbons (Fsp3) is 0. The molecule has 58 heavy (non-hydrogen) atoms. The number of rotatable bonds is 8. The molecule has 0 bridgehead atoms. The van der Waals surface area contributed by atoms with Crippen molar-refractivity contribution in [1.82, 2.24) is 24.9 Å². The second-order valence-corrected chi connectivity index (χ2v) is 14.1. The summed E-state index contributed by atoms with van der Waals surface area (Å²) in [5.41, 5.74) is 11.9. The van der Waals surface area contributed by atoms with Gasteiger partial charge in [-0.25, -0.2) is 24.9 Å². The Morgan fingerprint density at radius 3 is 1.21 bits per heavy atom. The van der Waals surface area contributed by atoms with Crippen LogP contribution in [0.5, 0.6) is 0 Å². The molecular formula is C53H35N5. The number of hydrogen-bond donors (Lipinski definition) is 0. The Bertz CT molecular complexity index is 2950. The van der Waals surface area contributed by atoms with E-state index in [1.807, 2.05) is 84.9 Å². The maximum absolute atomic E-state index is 5.16. The zero-order valence-electron chi connectivity index (χ0n) is 31.4. The minimum Gasteiger partial charge on any atom is -0.228 e. The molecule has 0 saturated heterocycles. The molecule has 5 heteroatoms. The van der Waals surface area contributed by atoms with Crippen LogP contribution in [0.1, 0.15) is 0 Å². The first kappa shape index (κ1) is 34.6. The number of hydrogen-bond acceptors (Lipinski definition) is 5. The van der Waals surface area contributed by atoms with Gasteiger partial charge in [0.25, 0.3) is 0 Å². The molecule has 0 unspecified atom stereocenters. The molecule has 0 aliphatic heterocycles. The van der Waals surface area contributed by atoms with Gasteiger partial charge in [0.15, 0.2) is 23.3 Å². The Hall–Kier alpha value is -7.89. The zero-order valence-corrected chi connectivity index (χ0v) is 31.4. The lowest BCUT2D eigenvalue weighted by molar-refractivity contribution is 1.08. The van der Waals surface area contributed by atoms with E-state index >= 15 is 0 Å². The van der Waals surface area contributed by atoms with Crippen LogP contribution in [-0.4, -0.2) is 24.9 Å². The van der Waals surface area contributed by atoms with Gasteiger partial charge in [0.1, 0.15) is 0 Å². The van der Waals surface area contributed by atoms with Crippen molar-refractivity contribution < 1.29 is 0 Å². The van der Waals surface area contributed by atoms with Crippen molar-refractivity contribution in [3.05, 3.63) is 212 Å². The van der Waals surface area contributed by atoms with Crippen LogP contribution in [0.2, 0.25) is 0 Å². The molecule has 8 aromatic carbocycles. The van der Waals surface area contributed by atoms with Crippen LogP contribution in [0.3, 0.4) is 0 Å². The van der Waals surface area contributed by atoms with Crippen LogP contribution >= 0.6 is 0 Å². The van der Waals surface area contributed by atoms with Gasteiger partial charge in [0.2, 0.25) is 0 Å². The van der Waals surface area contributed by atoms with Crippen molar-refractivity contribution in [2.24, 2.45) is 0 Å². The first-order valence-corrected chi connectivity index (χ1v) is 19.3. The van der Waals surface area contributed by atoms with Crippen molar-refractivity contribution >= 4 is 10.8 Å². The van der Waals surface area contributed by atoms with Gasteiger partial charge in [-0.3, -0.25) is 0 Å². The van der Waals surface area contributed by atoms with Crippen LogP contribution in [0.15, 0.2) is 212 Å². The molecule has 0 atom stereocenters. The summed E-state index contributed by atoms with van der Waals surface area (Å²) in [6.45, 7) is 0. The Morgan fingerprint density at radius 2 is 0.621 bits per heavy atom. The summed E-state index contributed by atoms with van der Waals surface area (Å²) in [6, 6.07) is 72.9. The topological polar surface area (TPSA) is 64.5 Å². The van der Waals surface area contributed by atoms with Crippen LogP contribution in [-0.2, 0) is 0 Å². The van der Waals surface area contributed by atoms with E-state index in [2.05, 4.69) is 127 Å². The second kappa shape index (κ2) is 15.3. The number of nitrogens with zero attached hydrogens (tertiary/aromatic N) is 5. The Labute approximate surface area is 337 Å². The molecule has 0 radical (unpaired) electrons. The summed E-state index contributed by atoms with van der Waals surface area (Å²) >= 11 is 0. The first-order chi connectivity index (χ1) is 28.7. The third-order valence-corrected chi connectivity index (χ3v) is 10.4. The second-order valence-electron chi connectivity index (χ2n) is 14.1. The molecule has 2 heterocycles. The van der Waals surface area contributed by atoms with Crippen molar-refractivity contribution in [1.29, 1.82) is 0 Å². The quantitative estimate of drug-likeness (QED) is 0.155. The van der Waals surface area contributed by atoms with Gasteiger partial charge in [0, 0.05) is 33.4 Å². The molecule has 0 aliphatic rings. The van der Waals surface area contributed by atoms with Crippen molar-refractivity contribution in [2.45, 2.75) is 0 Å². The lowest BCUT2D eigenvalue weighted by Gasteiger charge is -2.15. The van der Waals surface area contributed by atoms with Gasteiger partial charge in [-0.15, -0.1) is 0 Å². The summed E-state index contributed by atoms with van der Waals surface area (Å²) < 4.78 is 0. The highest BCUT2D eigenvalue weighted by atomic mass is 15.0. The third kappa shape index (κ3) is 6.93. The average molecular weight is 742 g/mol. The predicted octanol–water partition coefficient (Wildman–Crippen LogP) is 13.2. The van der Waals surface area contributed by atoms with Crippen LogP contribution in [0, 0.1) is 0 Å². The molecule has 0 N–H and O–H groups in total. The molecular weight excluding hydrogens is 707 g/mol. The molecule has 10 rings (SSSR count). The Balaban J connectivity index is 1.09. The first-order valence-electron chi connectivity index (χ1n) is 19.3. The smallest absolute Gasteiger partial charge is 0.165 e. The average Bonchev–Trinajstić information content (AvgIpc) is 3.32. The summed E-state index contributed by atoms with van der Waals surface area (Å²) in [7, 11) is 0. The molecule has 0 saturated carbocycles. The van der Waals surface area contributed by atoms with Gasteiger partial charge >= 0.3 is 0 Å². The van der Waals surface area contributed by atoms with E-state index in [1.54, 1.807) is 0 Å². The molecule has 0 fully saturated rings. The number of fused-ring (bicyclic) bond motifs is 1. The zero-order chi connectivity index (χ0) is 38.7. The predicted molar refractivity (Wildman–Crippen MR) is 236 cm³/mol. The van der Waals surface area contributed by atoms with Gasteiger partial charge in [-0.2, -0.15) is 0 Å². The molecule has 0 aliphatic carbocycles. The highest BCUT2D eigenvalue weighted by molar-refractivity contribution is 6.03. The van der Waals surface area contributed by atoms with Crippen LogP contribution < -0.4 is 0 Å². The molecule has 5 nitrogen and oxygen atoms in total. The van der Waals surface area contributed by atoms with Gasteiger partial charge < -0.3 is 0 Å². The summed E-state index contributed by atoms with van der Waals surface area (Å²) in [5, 5.41) is 2.18. The number of aromatic nitrogens is 5. The van der Waals surface area contributed by atoms with E-state index in [-0.39, 0.29) is 0 Å². The molecule has 10 aromatic rings. The fourth-order valence-electron chi connectivity index (χ4n) is 7.42. The SMILES string of the molecule is c1ccc(-c2ccc(-c3nc(-c4ccccc4)cc(-c4ccc(-c5ccc6ccccc6c5-c5nc(-c6ccccc6)nc(-c6ccccc6)n5)cc4)n3)cc2)cc1. The minimum absolute atomic E-state index is 0.620. The Kier molecular flexibility index (Phi) is 9.14. The number of benzene rings is 8. The summed E-state index contributed by atoms with van der Waals surface area (Å²) in [6.07, 6.45) is 0. The maximum atomic E-state index is 5.16. The van der Waals surface area contributed by atoms with Gasteiger partial charge in [0.05, 0.1) is 11.4 Å². The summed E-state index contributed by atoms with van der Waals surface area (Å²) in [5.74, 6) is 2.55. The maximum Gasteiger partial charge on any atom is 0.165 e. The van der Waals surface area contributed by atoms with E-state index in [4.69, 9.17) is 24.9 Å². The Morgan fingerprint density at radius 1 is 0.241 bits per heavy atom. The third-order valence-electron chi connectivity index (χ3n) is 10.4. The monoisotopic (exact) mass is 741 g/mol.